The van der Waals surface area contributed by atoms with Crippen molar-refractivity contribution in [3.8, 4) is 0 Å². The zero-order chi connectivity index (χ0) is 26.7. The van der Waals surface area contributed by atoms with Gasteiger partial charge in [-0.2, -0.15) is 0 Å². The van der Waals surface area contributed by atoms with Gasteiger partial charge in [-0.05, 0) is 73.3 Å². The number of hydrogen-bond donors (Lipinski definition) is 4. The smallest absolute Gasteiger partial charge is 0.251 e. The molecule has 2 aliphatic heterocycles. The molecule has 4 rings (SSSR count). The van der Waals surface area contributed by atoms with Crippen LogP contribution < -0.4 is 22.5 Å². The lowest BCUT2D eigenvalue weighted by molar-refractivity contribution is 0.0375. The zero-order valence-electron chi connectivity index (χ0n) is 22.2. The molecule has 2 unspecified atom stereocenters. The van der Waals surface area contributed by atoms with Crippen LogP contribution in [0, 0.1) is 17.8 Å². The third-order valence-corrected chi connectivity index (χ3v) is 7.29. The molecule has 9 heteroatoms. The van der Waals surface area contributed by atoms with E-state index in [1.165, 1.54) is 25.3 Å². The lowest BCUT2D eigenvalue weighted by Crippen LogP contribution is -2.55. The average molecular weight is 491 g/mol. The maximum Gasteiger partial charge on any atom is 0.251 e. The first-order valence-corrected chi connectivity index (χ1v) is 13.1. The Morgan fingerprint density at radius 2 is 1.61 bits per heavy atom. The van der Waals surface area contributed by atoms with Gasteiger partial charge in [0.1, 0.15) is 0 Å². The number of fused-ring (bicyclic) bond motifs is 1. The number of nitrogens with zero attached hydrogens (tertiary/aromatic N) is 1. The highest BCUT2D eigenvalue weighted by molar-refractivity contribution is 6.40. The fraction of sp³-hybridized carbons (Fsp3) is 0.593. The predicted octanol–water partition coefficient (Wildman–Crippen LogP) is 2.27. The van der Waals surface area contributed by atoms with Gasteiger partial charge in [-0.15, -0.1) is 0 Å². The molecule has 1 amide bonds. The van der Waals surface area contributed by atoms with E-state index in [9.17, 15) is 4.79 Å². The van der Waals surface area contributed by atoms with Gasteiger partial charge >= 0.3 is 0 Å². The number of nitrogens with one attached hydrogen (secondary N) is 1. The molecule has 3 aliphatic rings. The second-order valence-corrected chi connectivity index (χ2v) is 9.58. The summed E-state index contributed by atoms with van der Waals surface area (Å²) < 4.78 is 5.40. The summed E-state index contributed by atoms with van der Waals surface area (Å²) in [7, 11) is 14.5. The molecule has 1 aliphatic carbocycles. The number of likely N-dealkylation sites (tertiary alicyclic amines) is 1. The van der Waals surface area contributed by atoms with Crippen LogP contribution in [0.5, 0.6) is 0 Å². The molecule has 1 saturated carbocycles. The minimum absolute atomic E-state index is 0.159. The van der Waals surface area contributed by atoms with Crippen LogP contribution in [0.4, 0.5) is 0 Å². The van der Waals surface area contributed by atoms with E-state index in [0.29, 0.717) is 17.2 Å². The van der Waals surface area contributed by atoms with Gasteiger partial charge in [0.05, 0.1) is 21.5 Å². The molecular weight excluding hydrogens is 448 g/mol. The molecular formula is C27H43B2N5O2. The molecule has 0 aromatic heterocycles. The maximum atomic E-state index is 11.4. The number of hydrogen-bond acceptors (Lipinski definition) is 6. The monoisotopic (exact) mass is 491 g/mol. The number of carbonyl (C=O) groups is 1. The SMILES string of the molecule is CC.CNC(=O)c1cccc(/C(N)=C/C=C(N)N)c1.[B]C([B])(C1CCOCC1)N1CC2CCCC2C1. The van der Waals surface area contributed by atoms with Crippen LogP contribution in [0.25, 0.3) is 5.70 Å². The predicted molar refractivity (Wildman–Crippen MR) is 150 cm³/mol. The van der Waals surface area contributed by atoms with Crippen LogP contribution in [0.15, 0.2) is 42.2 Å². The summed E-state index contributed by atoms with van der Waals surface area (Å²) in [5.74, 6) is 2.14. The normalized spacial score (nSPS) is 22.4. The number of benzene rings is 1. The van der Waals surface area contributed by atoms with Gasteiger partial charge in [0.15, 0.2) is 0 Å². The van der Waals surface area contributed by atoms with Crippen molar-refractivity contribution in [3.63, 3.8) is 0 Å². The standard InChI is InChI=1S/C13H21B2NO.C12H16N4O.C2H6/c14-13(15,12-4-6-17-7-5-12)16-8-10-2-1-3-11(10)9-16;1-16-12(17)9-4-2-3-8(7-9)10(13)5-6-11(14)15;1-2/h10-12H,1-9H2;2-7H,13-15H2,1H3,(H,16,17);1-2H3/b;10-5-;. The molecule has 2 saturated heterocycles. The van der Waals surface area contributed by atoms with Crippen LogP contribution >= 0.6 is 0 Å². The van der Waals surface area contributed by atoms with Gasteiger partial charge in [0.2, 0.25) is 0 Å². The summed E-state index contributed by atoms with van der Waals surface area (Å²) in [6.07, 6.45) is 9.29. The highest BCUT2D eigenvalue weighted by atomic mass is 16.5. The Balaban J connectivity index is 0.000000237. The number of amides is 1. The highest BCUT2D eigenvalue weighted by Crippen LogP contribution is 2.41. The fourth-order valence-corrected chi connectivity index (χ4v) is 5.24. The third kappa shape index (κ3) is 8.07. The Morgan fingerprint density at radius 1 is 1.03 bits per heavy atom. The molecule has 4 radical (unpaired) electrons. The number of allylic oxidation sites excluding steroid dienone is 2. The molecule has 1 aromatic rings. The number of rotatable bonds is 5. The second kappa shape index (κ2) is 14.4. The molecule has 2 heterocycles. The molecule has 3 fully saturated rings. The molecule has 2 atom stereocenters. The minimum Gasteiger partial charge on any atom is -0.398 e. The van der Waals surface area contributed by atoms with E-state index in [1.54, 1.807) is 37.4 Å². The largest absolute Gasteiger partial charge is 0.398 e. The molecule has 0 bridgehead atoms. The van der Waals surface area contributed by atoms with E-state index in [0.717, 1.165) is 56.5 Å². The van der Waals surface area contributed by atoms with Crippen molar-refractivity contribution in [2.24, 2.45) is 35.0 Å². The summed E-state index contributed by atoms with van der Waals surface area (Å²) >= 11 is 0. The van der Waals surface area contributed by atoms with Crippen molar-refractivity contribution in [2.45, 2.75) is 51.3 Å². The van der Waals surface area contributed by atoms with Crippen molar-refractivity contribution in [1.82, 2.24) is 10.2 Å². The van der Waals surface area contributed by atoms with Crippen LogP contribution in [0.2, 0.25) is 0 Å². The third-order valence-electron chi connectivity index (χ3n) is 7.29. The summed E-state index contributed by atoms with van der Waals surface area (Å²) in [5.41, 5.74) is 18.2. The Bertz CT molecular complexity index is 884. The first-order chi connectivity index (χ1) is 17.2. The zero-order valence-corrected chi connectivity index (χ0v) is 22.2. The first-order valence-electron chi connectivity index (χ1n) is 13.1. The van der Waals surface area contributed by atoms with E-state index in [4.69, 9.17) is 37.6 Å². The molecule has 0 spiro atoms. The van der Waals surface area contributed by atoms with Crippen molar-refractivity contribution >= 4 is 27.3 Å². The minimum atomic E-state index is -0.603. The fourth-order valence-electron chi connectivity index (χ4n) is 5.24. The quantitative estimate of drug-likeness (QED) is 0.371. The van der Waals surface area contributed by atoms with Gasteiger partial charge < -0.3 is 32.2 Å². The maximum absolute atomic E-state index is 11.4. The molecule has 1 aromatic carbocycles. The molecule has 7 nitrogen and oxygen atoms in total. The van der Waals surface area contributed by atoms with Crippen LogP contribution in [-0.2, 0) is 4.74 Å². The summed E-state index contributed by atoms with van der Waals surface area (Å²) in [4.78, 5) is 13.8. The Hall–Kier alpha value is -2.38. The Kier molecular flexibility index (Phi) is 11.9. The van der Waals surface area contributed by atoms with E-state index < -0.39 is 5.34 Å². The Morgan fingerprint density at radius 3 is 2.17 bits per heavy atom. The van der Waals surface area contributed by atoms with Crippen molar-refractivity contribution in [2.75, 3.05) is 33.4 Å². The second-order valence-electron chi connectivity index (χ2n) is 9.58. The van der Waals surface area contributed by atoms with Crippen LogP contribution in [-0.4, -0.2) is 65.2 Å². The lowest BCUT2D eigenvalue weighted by Gasteiger charge is -2.45. The average Bonchev–Trinajstić information content (AvgIpc) is 3.52. The van der Waals surface area contributed by atoms with E-state index in [2.05, 4.69) is 10.2 Å². The summed E-state index contributed by atoms with van der Waals surface area (Å²) in [6.45, 7) is 7.88. The number of ether oxygens (including phenoxy) is 1. The van der Waals surface area contributed by atoms with Gasteiger partial charge in [-0.3, -0.25) is 4.79 Å². The topological polar surface area (TPSA) is 120 Å². The lowest BCUT2D eigenvalue weighted by atomic mass is 9.52. The first kappa shape index (κ1) is 29.8. The van der Waals surface area contributed by atoms with Gasteiger partial charge in [0.25, 0.3) is 5.91 Å². The number of nitrogens with two attached hydrogens (primary N) is 3. The van der Waals surface area contributed by atoms with E-state index >= 15 is 0 Å². The highest BCUT2D eigenvalue weighted by Gasteiger charge is 2.43. The molecule has 36 heavy (non-hydrogen) atoms. The van der Waals surface area contributed by atoms with Crippen LogP contribution in [0.1, 0.15) is 61.9 Å². The van der Waals surface area contributed by atoms with Crippen molar-refractivity contribution < 1.29 is 9.53 Å². The van der Waals surface area contributed by atoms with Gasteiger partial charge in [0, 0.05) is 44.6 Å². The Labute approximate surface area is 220 Å². The van der Waals surface area contributed by atoms with E-state index in [1.807, 2.05) is 13.8 Å². The van der Waals surface area contributed by atoms with Gasteiger partial charge in [-0.1, -0.05) is 37.7 Å². The van der Waals surface area contributed by atoms with Gasteiger partial charge in [-0.25, -0.2) is 0 Å². The molecule has 194 valence electrons. The van der Waals surface area contributed by atoms with Crippen molar-refractivity contribution in [1.29, 1.82) is 0 Å². The molecule has 7 N–H and O–H groups in total. The summed E-state index contributed by atoms with van der Waals surface area (Å²) in [5, 5.41) is 1.94. The summed E-state index contributed by atoms with van der Waals surface area (Å²) in [6, 6.07) is 6.98. The van der Waals surface area contributed by atoms with Crippen LogP contribution in [0.3, 0.4) is 0 Å². The number of carbonyl (C=O) groups excluding carboxylic acids is 1. The van der Waals surface area contributed by atoms with Crippen molar-refractivity contribution in [3.05, 3.63) is 53.4 Å². The van der Waals surface area contributed by atoms with E-state index in [-0.39, 0.29) is 11.7 Å².